The lowest BCUT2D eigenvalue weighted by Gasteiger charge is -2.10. The van der Waals surface area contributed by atoms with Crippen LogP contribution in [-0.4, -0.2) is 33.7 Å². The molecule has 0 unspecified atom stereocenters. The lowest BCUT2D eigenvalue weighted by molar-refractivity contribution is -0.141. The average Bonchev–Trinajstić information content (AvgIpc) is 3.22. The molecular weight excluding hydrogens is 391 g/mol. The highest BCUT2D eigenvalue weighted by Crippen LogP contribution is 2.33. The lowest BCUT2D eigenvalue weighted by Crippen LogP contribution is -2.09. The first-order chi connectivity index (χ1) is 13.2. The van der Waals surface area contributed by atoms with Crippen LogP contribution >= 0.6 is 0 Å². The number of hydrogen-bond acceptors (Lipinski definition) is 6. The third-order valence-electron chi connectivity index (χ3n) is 3.65. The van der Waals surface area contributed by atoms with E-state index >= 15 is 0 Å². The van der Waals surface area contributed by atoms with Crippen LogP contribution in [0.5, 0.6) is 11.5 Å². The first-order valence-corrected chi connectivity index (χ1v) is 7.74. The predicted octanol–water partition coefficient (Wildman–Crippen LogP) is 3.92. The van der Waals surface area contributed by atoms with Gasteiger partial charge in [-0.2, -0.15) is 27.1 Å². The summed E-state index contributed by atoms with van der Waals surface area (Å²) in [4.78, 5) is 0. The molecule has 150 valence electrons. The first-order valence-electron chi connectivity index (χ1n) is 7.74. The van der Waals surface area contributed by atoms with Gasteiger partial charge >= 0.3 is 12.8 Å². The number of aromatic nitrogens is 4. The van der Waals surface area contributed by atoms with Crippen LogP contribution < -0.4 is 9.47 Å². The van der Waals surface area contributed by atoms with Gasteiger partial charge in [-0.1, -0.05) is 0 Å². The second-order valence-electron chi connectivity index (χ2n) is 5.57. The summed E-state index contributed by atoms with van der Waals surface area (Å²) in [6.07, 6.45) is -4.56. The molecule has 0 amide bonds. The van der Waals surface area contributed by atoms with Crippen molar-refractivity contribution in [2.24, 2.45) is 0 Å². The molecule has 0 saturated heterocycles. The van der Waals surface area contributed by atoms with Crippen molar-refractivity contribution in [3.63, 3.8) is 0 Å². The van der Waals surface area contributed by atoms with Crippen molar-refractivity contribution in [2.75, 3.05) is 7.11 Å². The molecule has 0 aliphatic heterocycles. The smallest absolute Gasteiger partial charge is 0.435 e. The van der Waals surface area contributed by atoms with E-state index in [2.05, 4.69) is 20.0 Å². The van der Waals surface area contributed by atoms with E-state index in [4.69, 9.17) is 9.15 Å². The molecule has 0 atom stereocenters. The summed E-state index contributed by atoms with van der Waals surface area (Å²) in [6.45, 7) is -1.72. The molecule has 7 nitrogen and oxygen atoms in total. The van der Waals surface area contributed by atoms with Gasteiger partial charge in [0.05, 0.1) is 7.11 Å². The third-order valence-corrected chi connectivity index (χ3v) is 3.65. The number of methoxy groups -OCH3 is 1. The van der Waals surface area contributed by atoms with Gasteiger partial charge in [-0.15, -0.1) is 10.2 Å². The molecule has 0 aliphatic carbocycles. The topological polar surface area (TPSA) is 75.2 Å². The maximum absolute atomic E-state index is 12.7. The lowest BCUT2D eigenvalue weighted by atomic mass is 10.2. The quantitative estimate of drug-likeness (QED) is 0.580. The maximum atomic E-state index is 12.7. The highest BCUT2D eigenvalue weighted by Gasteiger charge is 2.34. The Kier molecular flexibility index (Phi) is 5.21. The Balaban J connectivity index is 1.82. The van der Waals surface area contributed by atoms with E-state index in [1.54, 1.807) is 0 Å². The molecule has 2 aromatic heterocycles. The minimum atomic E-state index is -4.56. The fourth-order valence-electron chi connectivity index (χ4n) is 2.36. The van der Waals surface area contributed by atoms with Crippen LogP contribution in [0.15, 0.2) is 28.7 Å². The minimum absolute atomic E-state index is 0.0156. The van der Waals surface area contributed by atoms with Crippen molar-refractivity contribution < 1.29 is 35.8 Å². The molecule has 3 aromatic rings. The van der Waals surface area contributed by atoms with E-state index in [0.717, 1.165) is 10.7 Å². The fourth-order valence-corrected chi connectivity index (χ4v) is 2.36. The number of hydrogen-bond donors (Lipinski definition) is 0. The Hall–Kier alpha value is -3.18. The van der Waals surface area contributed by atoms with Crippen molar-refractivity contribution in [3.05, 3.63) is 41.5 Å². The van der Waals surface area contributed by atoms with E-state index < -0.39 is 18.5 Å². The van der Waals surface area contributed by atoms with Crippen LogP contribution in [0.1, 0.15) is 17.3 Å². The van der Waals surface area contributed by atoms with E-state index in [1.807, 2.05) is 0 Å². The van der Waals surface area contributed by atoms with Crippen molar-refractivity contribution in [2.45, 2.75) is 26.3 Å². The molecule has 0 radical (unpaired) electrons. The van der Waals surface area contributed by atoms with Crippen LogP contribution in [0.3, 0.4) is 0 Å². The SMILES string of the molecule is COc1cc(-c2nnc(Cn3nc(C(F)(F)F)cc3C)o2)ccc1OC(F)F. The predicted molar refractivity (Wildman–Crippen MR) is 84.0 cm³/mol. The van der Waals surface area contributed by atoms with Crippen LogP contribution in [0.25, 0.3) is 11.5 Å². The molecule has 12 heteroatoms. The van der Waals surface area contributed by atoms with Crippen LogP contribution in [0.4, 0.5) is 22.0 Å². The second-order valence-corrected chi connectivity index (χ2v) is 5.57. The highest BCUT2D eigenvalue weighted by atomic mass is 19.4. The summed E-state index contributed by atoms with van der Waals surface area (Å²) in [7, 11) is 1.27. The Morgan fingerprint density at radius 3 is 2.50 bits per heavy atom. The molecule has 0 bridgehead atoms. The van der Waals surface area contributed by atoms with Gasteiger partial charge in [0.2, 0.25) is 11.8 Å². The van der Waals surface area contributed by atoms with Crippen LogP contribution in [0.2, 0.25) is 0 Å². The summed E-state index contributed by atoms with van der Waals surface area (Å²) in [5, 5.41) is 11.1. The number of benzene rings is 1. The number of aryl methyl sites for hydroxylation is 1. The molecule has 28 heavy (non-hydrogen) atoms. The van der Waals surface area contributed by atoms with Gasteiger partial charge in [0.25, 0.3) is 0 Å². The Morgan fingerprint density at radius 2 is 1.89 bits per heavy atom. The number of halogens is 5. The number of alkyl halides is 5. The van der Waals surface area contributed by atoms with Crippen molar-refractivity contribution >= 4 is 0 Å². The fraction of sp³-hybridized carbons (Fsp3) is 0.312. The van der Waals surface area contributed by atoms with Crippen LogP contribution in [0, 0.1) is 6.92 Å². The van der Waals surface area contributed by atoms with Crippen LogP contribution in [-0.2, 0) is 12.7 Å². The molecule has 0 fully saturated rings. The van der Waals surface area contributed by atoms with Crippen molar-refractivity contribution in [1.82, 2.24) is 20.0 Å². The number of ether oxygens (including phenoxy) is 2. The number of nitrogens with zero attached hydrogens (tertiary/aromatic N) is 4. The van der Waals surface area contributed by atoms with E-state index in [0.29, 0.717) is 5.56 Å². The van der Waals surface area contributed by atoms with Gasteiger partial charge in [0.1, 0.15) is 6.54 Å². The third kappa shape index (κ3) is 4.21. The monoisotopic (exact) mass is 404 g/mol. The molecule has 2 heterocycles. The minimum Gasteiger partial charge on any atom is -0.493 e. The van der Waals surface area contributed by atoms with E-state index in [1.165, 1.54) is 32.2 Å². The van der Waals surface area contributed by atoms with E-state index in [9.17, 15) is 22.0 Å². The van der Waals surface area contributed by atoms with Gasteiger partial charge < -0.3 is 13.9 Å². The zero-order valence-electron chi connectivity index (χ0n) is 14.5. The zero-order chi connectivity index (χ0) is 20.5. The standard InChI is InChI=1S/C16H13F5N4O3/c1-8-5-12(16(19,20)21)24-25(8)7-13-22-23-14(28-13)9-3-4-10(27-15(17)18)11(6-9)26-2/h3-6,15H,7H2,1-2H3. The molecule has 0 spiro atoms. The highest BCUT2D eigenvalue weighted by molar-refractivity contribution is 5.59. The van der Waals surface area contributed by atoms with Crippen molar-refractivity contribution in [3.8, 4) is 23.0 Å². The molecule has 3 rings (SSSR count). The summed E-state index contributed by atoms with van der Waals surface area (Å²) in [5.74, 6) is -0.109. The summed E-state index contributed by atoms with van der Waals surface area (Å²) in [6, 6.07) is 4.91. The molecule has 1 aromatic carbocycles. The van der Waals surface area contributed by atoms with Crippen molar-refractivity contribution in [1.29, 1.82) is 0 Å². The molecule has 0 aliphatic rings. The molecule has 0 saturated carbocycles. The zero-order valence-corrected chi connectivity index (χ0v) is 14.5. The summed E-state index contributed by atoms with van der Waals surface area (Å²) >= 11 is 0. The Morgan fingerprint density at radius 1 is 1.14 bits per heavy atom. The first kappa shape index (κ1) is 19.6. The van der Waals surface area contributed by atoms with Gasteiger partial charge in [-0.3, -0.25) is 4.68 Å². The molecular formula is C16H13F5N4O3. The largest absolute Gasteiger partial charge is 0.493 e. The average molecular weight is 404 g/mol. The summed E-state index contributed by atoms with van der Waals surface area (Å²) < 4.78 is 78.8. The number of rotatable bonds is 6. The van der Waals surface area contributed by atoms with E-state index in [-0.39, 0.29) is 35.5 Å². The van der Waals surface area contributed by atoms with Gasteiger partial charge in [0, 0.05) is 11.3 Å². The summed E-state index contributed by atoms with van der Waals surface area (Å²) in [5.41, 5.74) is -0.406. The second kappa shape index (κ2) is 7.44. The van der Waals surface area contributed by atoms with Gasteiger partial charge in [-0.05, 0) is 31.2 Å². The maximum Gasteiger partial charge on any atom is 0.435 e. The Labute approximate surface area is 154 Å². The Bertz CT molecular complexity index is 968. The molecule has 0 N–H and O–H groups in total. The van der Waals surface area contributed by atoms with Gasteiger partial charge in [-0.25, -0.2) is 0 Å². The van der Waals surface area contributed by atoms with Gasteiger partial charge in [0.15, 0.2) is 17.2 Å². The normalized spacial score (nSPS) is 11.9.